The van der Waals surface area contributed by atoms with Crippen LogP contribution in [0, 0.1) is 35.7 Å². The first kappa shape index (κ1) is 26.2. The van der Waals surface area contributed by atoms with Gasteiger partial charge in [0.25, 0.3) is 5.91 Å². The number of hydrogen-bond donors (Lipinski definition) is 2. The van der Waals surface area contributed by atoms with Crippen LogP contribution in [0.2, 0.25) is 0 Å². The predicted molar refractivity (Wildman–Crippen MR) is 122 cm³/mol. The number of carbonyl (C=O) groups excluding carboxylic acids is 1. The summed E-state index contributed by atoms with van der Waals surface area (Å²) in [7, 11) is 0. The highest BCUT2D eigenvalue weighted by Gasteiger charge is 2.43. The Hall–Kier alpha value is -3.05. The van der Waals surface area contributed by atoms with Gasteiger partial charge in [-0.15, -0.1) is 0 Å². The Morgan fingerprint density at radius 1 is 1.12 bits per heavy atom. The summed E-state index contributed by atoms with van der Waals surface area (Å²) < 4.78 is 42.6. The van der Waals surface area contributed by atoms with Gasteiger partial charge in [0.15, 0.2) is 11.6 Å². The van der Waals surface area contributed by atoms with Crippen molar-refractivity contribution in [2.24, 2.45) is 0 Å². The fraction of sp³-hybridized carbons (Fsp3) is 0.440. The van der Waals surface area contributed by atoms with Gasteiger partial charge in [-0.1, -0.05) is 32.8 Å². The second kappa shape index (κ2) is 11.7. The molecule has 3 rings (SSSR count). The Labute approximate surface area is 192 Å². The van der Waals surface area contributed by atoms with Crippen molar-refractivity contribution >= 4 is 17.3 Å². The molecule has 0 saturated carbocycles. The van der Waals surface area contributed by atoms with Crippen LogP contribution in [0.25, 0.3) is 0 Å². The molecule has 0 spiro atoms. The van der Waals surface area contributed by atoms with E-state index in [1.807, 2.05) is 13.8 Å². The van der Waals surface area contributed by atoms with Gasteiger partial charge < -0.3 is 15.3 Å². The van der Waals surface area contributed by atoms with Crippen molar-refractivity contribution in [2.45, 2.75) is 58.5 Å². The monoisotopic (exact) mass is 461 g/mol. The van der Waals surface area contributed by atoms with Crippen LogP contribution in [0.3, 0.4) is 0 Å². The van der Waals surface area contributed by atoms with E-state index in [9.17, 15) is 23.1 Å². The Morgan fingerprint density at radius 3 is 2.45 bits per heavy atom. The zero-order chi connectivity index (χ0) is 24.6. The van der Waals surface area contributed by atoms with Gasteiger partial charge in [-0.05, 0) is 49.6 Å². The number of anilines is 2. The van der Waals surface area contributed by atoms with Crippen molar-refractivity contribution in [3.8, 4) is 6.07 Å². The van der Waals surface area contributed by atoms with Crippen LogP contribution in [0.15, 0.2) is 30.3 Å². The van der Waals surface area contributed by atoms with Gasteiger partial charge in [0.05, 0.1) is 41.7 Å². The predicted octanol–water partition coefficient (Wildman–Crippen LogP) is 5.84. The maximum Gasteiger partial charge on any atom is 0.256 e. The highest BCUT2D eigenvalue weighted by molar-refractivity contribution is 6.01. The number of β-amino-alcohol motifs (C(OH)–C–C–N with tert-alkyl or cyclic N) is 1. The molecule has 1 amide bonds. The first-order valence-electron chi connectivity index (χ1n) is 11.1. The third kappa shape index (κ3) is 6.48. The summed E-state index contributed by atoms with van der Waals surface area (Å²) in [6.07, 6.45) is 3.25. The minimum Gasteiger partial charge on any atom is -0.386 e. The summed E-state index contributed by atoms with van der Waals surface area (Å²) in [6, 6.07) is 8.30. The quantitative estimate of drug-likeness (QED) is 0.484. The van der Waals surface area contributed by atoms with Crippen LogP contribution in [0.1, 0.15) is 61.9 Å². The zero-order valence-corrected chi connectivity index (χ0v) is 19.2. The maximum absolute atomic E-state index is 14.5. The highest BCUT2D eigenvalue weighted by atomic mass is 19.2. The van der Waals surface area contributed by atoms with Crippen molar-refractivity contribution in [3.63, 3.8) is 0 Å². The second-order valence-electron chi connectivity index (χ2n) is 8.00. The van der Waals surface area contributed by atoms with E-state index in [2.05, 4.69) is 11.4 Å². The molecule has 8 heteroatoms. The molecule has 0 aliphatic carbocycles. The molecule has 0 atom stereocenters. The standard InChI is InChI=1S/C23H24F3N3O2.C2H6/c1-15-6-9-19(18(25)12-15)28-21-16(7-8-17(24)20(21)26)22(30)29-13-23(31,14-29)10-4-2-3-5-11-27;1-2/h6-9,12,28,31H,2-5,10,13-14H2,1H3;1-2H3. The lowest BCUT2D eigenvalue weighted by Gasteiger charge is -2.46. The molecule has 178 valence electrons. The van der Waals surface area contributed by atoms with Gasteiger partial charge in [-0.3, -0.25) is 4.79 Å². The van der Waals surface area contributed by atoms with Crippen LogP contribution in [-0.4, -0.2) is 34.6 Å². The van der Waals surface area contributed by atoms with Crippen LogP contribution < -0.4 is 5.32 Å². The van der Waals surface area contributed by atoms with Gasteiger partial charge in [-0.2, -0.15) is 5.26 Å². The Kier molecular flexibility index (Phi) is 9.30. The normalized spacial score (nSPS) is 13.9. The third-order valence-corrected chi connectivity index (χ3v) is 5.40. The van der Waals surface area contributed by atoms with E-state index in [0.717, 1.165) is 31.4 Å². The molecule has 1 aliphatic rings. The van der Waals surface area contributed by atoms with E-state index in [1.165, 1.54) is 17.0 Å². The van der Waals surface area contributed by atoms with Gasteiger partial charge >= 0.3 is 0 Å². The fourth-order valence-corrected chi connectivity index (χ4v) is 3.68. The first-order valence-corrected chi connectivity index (χ1v) is 11.1. The largest absolute Gasteiger partial charge is 0.386 e. The van der Waals surface area contributed by atoms with Crippen molar-refractivity contribution < 1.29 is 23.1 Å². The van der Waals surface area contributed by atoms with Gasteiger partial charge in [-0.25, -0.2) is 13.2 Å². The number of nitrogens with one attached hydrogen (secondary N) is 1. The number of nitrogens with zero attached hydrogens (tertiary/aromatic N) is 2. The summed E-state index contributed by atoms with van der Waals surface area (Å²) in [5, 5.41) is 21.6. The number of aryl methyl sites for hydroxylation is 1. The SMILES string of the molecule is CC.Cc1ccc(Nc2c(C(=O)N3CC(O)(CCCCCC#N)C3)ccc(F)c2F)c(F)c1. The number of unbranched alkanes of at least 4 members (excludes halogenated alkanes) is 3. The third-order valence-electron chi connectivity index (χ3n) is 5.40. The van der Waals surface area contributed by atoms with Gasteiger partial charge in [0, 0.05) is 6.42 Å². The Morgan fingerprint density at radius 2 is 1.82 bits per heavy atom. The van der Waals surface area contributed by atoms with E-state index in [-0.39, 0.29) is 24.3 Å². The Balaban J connectivity index is 0.00000187. The number of nitriles is 1. The van der Waals surface area contributed by atoms with Crippen LogP contribution in [0.5, 0.6) is 0 Å². The van der Waals surface area contributed by atoms with Crippen molar-refractivity contribution in [2.75, 3.05) is 18.4 Å². The molecular formula is C25H30F3N3O2. The lowest BCUT2D eigenvalue weighted by molar-refractivity contribution is -0.0869. The van der Waals surface area contributed by atoms with Crippen LogP contribution in [-0.2, 0) is 0 Å². The number of halogens is 3. The van der Waals surface area contributed by atoms with E-state index >= 15 is 0 Å². The average molecular weight is 462 g/mol. The van der Waals surface area contributed by atoms with E-state index in [0.29, 0.717) is 18.4 Å². The number of carbonyl (C=O) groups is 1. The van der Waals surface area contributed by atoms with Crippen LogP contribution >= 0.6 is 0 Å². The molecule has 0 aromatic heterocycles. The van der Waals surface area contributed by atoms with Gasteiger partial charge in [0.1, 0.15) is 5.82 Å². The minimum atomic E-state index is -1.28. The topological polar surface area (TPSA) is 76.4 Å². The van der Waals surface area contributed by atoms with Crippen molar-refractivity contribution in [3.05, 3.63) is 58.9 Å². The molecular weight excluding hydrogens is 431 g/mol. The molecule has 1 aliphatic heterocycles. The number of likely N-dealkylation sites (tertiary alicyclic amines) is 1. The lowest BCUT2D eigenvalue weighted by Crippen LogP contribution is -2.63. The van der Waals surface area contributed by atoms with E-state index in [4.69, 9.17) is 5.26 Å². The summed E-state index contributed by atoms with van der Waals surface area (Å²) in [6.45, 7) is 5.84. The second-order valence-corrected chi connectivity index (χ2v) is 8.00. The van der Waals surface area contributed by atoms with E-state index < -0.39 is 34.6 Å². The molecule has 2 aromatic rings. The smallest absolute Gasteiger partial charge is 0.256 e. The zero-order valence-electron chi connectivity index (χ0n) is 19.2. The number of amides is 1. The lowest BCUT2D eigenvalue weighted by atomic mass is 9.87. The van der Waals surface area contributed by atoms with Crippen molar-refractivity contribution in [1.29, 1.82) is 5.26 Å². The summed E-state index contributed by atoms with van der Waals surface area (Å²) in [5.74, 6) is -3.68. The number of benzene rings is 2. The number of aliphatic hydroxyl groups is 1. The molecule has 33 heavy (non-hydrogen) atoms. The molecule has 1 heterocycles. The van der Waals surface area contributed by atoms with Crippen LogP contribution in [0.4, 0.5) is 24.5 Å². The summed E-state index contributed by atoms with van der Waals surface area (Å²) in [4.78, 5) is 14.2. The van der Waals surface area contributed by atoms with E-state index in [1.54, 1.807) is 13.0 Å². The van der Waals surface area contributed by atoms with Gasteiger partial charge in [0.2, 0.25) is 0 Å². The molecule has 1 fully saturated rings. The summed E-state index contributed by atoms with van der Waals surface area (Å²) in [5.41, 5.74) is -1.04. The molecule has 5 nitrogen and oxygen atoms in total. The number of rotatable bonds is 8. The molecule has 2 aromatic carbocycles. The minimum absolute atomic E-state index is 0.0708. The number of hydrogen-bond acceptors (Lipinski definition) is 4. The molecule has 0 bridgehead atoms. The van der Waals surface area contributed by atoms with Crippen molar-refractivity contribution in [1.82, 2.24) is 4.90 Å². The Bertz CT molecular complexity index is 1010. The first-order chi connectivity index (χ1) is 15.7. The molecule has 1 saturated heterocycles. The summed E-state index contributed by atoms with van der Waals surface area (Å²) >= 11 is 0. The maximum atomic E-state index is 14.5. The molecule has 2 N–H and O–H groups in total. The molecule has 0 radical (unpaired) electrons. The fourth-order valence-electron chi connectivity index (χ4n) is 3.68. The molecule has 0 unspecified atom stereocenters. The highest BCUT2D eigenvalue weighted by Crippen LogP contribution is 2.33. The average Bonchev–Trinajstić information content (AvgIpc) is 2.77.